The lowest BCUT2D eigenvalue weighted by molar-refractivity contribution is -0.147. The fourth-order valence-corrected chi connectivity index (χ4v) is 4.52. The second-order valence-corrected chi connectivity index (χ2v) is 10.3. The number of nitrogens with zero attached hydrogens (tertiary/aromatic N) is 1. The predicted molar refractivity (Wildman–Crippen MR) is 151 cm³/mol. The van der Waals surface area contributed by atoms with Gasteiger partial charge in [0.15, 0.2) is 12.4 Å². The molecule has 0 spiro atoms. The molecule has 0 aliphatic carbocycles. The number of ketones is 1. The van der Waals surface area contributed by atoms with E-state index in [0.29, 0.717) is 16.3 Å². The highest BCUT2D eigenvalue weighted by Crippen LogP contribution is 2.27. The SMILES string of the molecule is CC(C)OC(=O)c1ccc(N2C[C@@H](C(=O)OCC(=O)c3ccc(OC(=O)c4ccc(Cl)cc4Cl)cc3)CC2=O)cc1. The molecule has 0 saturated carbocycles. The minimum absolute atomic E-state index is 0.0676. The van der Waals surface area contributed by atoms with Crippen LogP contribution in [0.2, 0.25) is 10.0 Å². The second-order valence-electron chi connectivity index (χ2n) is 9.48. The van der Waals surface area contributed by atoms with Gasteiger partial charge >= 0.3 is 17.9 Å². The summed E-state index contributed by atoms with van der Waals surface area (Å²) < 4.78 is 15.6. The number of Topliss-reactive ketones (excluding diaryl/α,β-unsaturated/α-hetero) is 1. The molecule has 4 rings (SSSR count). The maximum atomic E-state index is 12.6. The minimum atomic E-state index is -0.748. The quantitative estimate of drug-likeness (QED) is 0.179. The van der Waals surface area contributed by atoms with Crippen LogP contribution in [0.15, 0.2) is 66.7 Å². The molecule has 1 fully saturated rings. The monoisotopic (exact) mass is 597 g/mol. The molecule has 3 aromatic rings. The van der Waals surface area contributed by atoms with Gasteiger partial charge in [0.25, 0.3) is 0 Å². The molecule has 1 aliphatic heterocycles. The van der Waals surface area contributed by atoms with E-state index in [2.05, 4.69) is 0 Å². The first-order valence-corrected chi connectivity index (χ1v) is 13.4. The molecule has 9 nitrogen and oxygen atoms in total. The van der Waals surface area contributed by atoms with E-state index < -0.39 is 36.2 Å². The molecule has 11 heteroatoms. The lowest BCUT2D eigenvalue weighted by atomic mass is 10.1. The average molecular weight is 598 g/mol. The molecule has 212 valence electrons. The van der Waals surface area contributed by atoms with Crippen molar-refractivity contribution < 1.29 is 38.2 Å². The third-order valence-electron chi connectivity index (χ3n) is 6.10. The van der Waals surface area contributed by atoms with E-state index in [-0.39, 0.29) is 46.9 Å². The third kappa shape index (κ3) is 7.50. The fraction of sp³-hybridized carbons (Fsp3) is 0.233. The van der Waals surface area contributed by atoms with Gasteiger partial charge in [0.05, 0.1) is 28.2 Å². The number of carbonyl (C=O) groups excluding carboxylic acids is 5. The fourth-order valence-electron chi connectivity index (χ4n) is 4.04. The topological polar surface area (TPSA) is 116 Å². The summed E-state index contributed by atoms with van der Waals surface area (Å²) in [5.41, 5.74) is 1.25. The Bertz CT molecular complexity index is 1490. The largest absolute Gasteiger partial charge is 0.459 e. The summed E-state index contributed by atoms with van der Waals surface area (Å²) in [6.07, 6.45) is -0.326. The third-order valence-corrected chi connectivity index (χ3v) is 6.65. The molecule has 1 atom stereocenters. The van der Waals surface area contributed by atoms with Gasteiger partial charge in [-0.15, -0.1) is 0 Å². The number of anilines is 1. The number of rotatable bonds is 9. The highest BCUT2D eigenvalue weighted by Gasteiger charge is 2.36. The highest BCUT2D eigenvalue weighted by atomic mass is 35.5. The Morgan fingerprint density at radius 1 is 0.902 bits per heavy atom. The predicted octanol–water partition coefficient (Wildman–Crippen LogP) is 5.56. The van der Waals surface area contributed by atoms with E-state index in [1.165, 1.54) is 47.4 Å². The Labute approximate surface area is 245 Å². The van der Waals surface area contributed by atoms with Crippen LogP contribution in [0, 0.1) is 5.92 Å². The van der Waals surface area contributed by atoms with Gasteiger partial charge in [0.1, 0.15) is 5.75 Å². The summed E-state index contributed by atoms with van der Waals surface area (Å²) in [5.74, 6) is -3.14. The lowest BCUT2D eigenvalue weighted by Gasteiger charge is -2.17. The van der Waals surface area contributed by atoms with Crippen molar-refractivity contribution in [3.8, 4) is 5.75 Å². The summed E-state index contributed by atoms with van der Waals surface area (Å²) in [6, 6.07) is 16.4. The van der Waals surface area contributed by atoms with Crippen molar-refractivity contribution in [3.05, 3.63) is 93.5 Å². The van der Waals surface area contributed by atoms with Gasteiger partial charge in [-0.1, -0.05) is 23.2 Å². The molecular formula is C30H25Cl2NO8. The number of amides is 1. The molecule has 0 N–H and O–H groups in total. The summed E-state index contributed by atoms with van der Waals surface area (Å²) in [5, 5.41) is 0.522. The molecular weight excluding hydrogens is 573 g/mol. The van der Waals surface area contributed by atoms with Crippen LogP contribution in [-0.4, -0.2) is 48.9 Å². The van der Waals surface area contributed by atoms with Crippen molar-refractivity contribution in [2.75, 3.05) is 18.1 Å². The van der Waals surface area contributed by atoms with Crippen molar-refractivity contribution >= 4 is 58.5 Å². The van der Waals surface area contributed by atoms with Gasteiger partial charge in [-0.3, -0.25) is 14.4 Å². The van der Waals surface area contributed by atoms with Gasteiger partial charge in [0.2, 0.25) is 5.91 Å². The van der Waals surface area contributed by atoms with E-state index in [0.717, 1.165) is 0 Å². The number of hydrogen-bond donors (Lipinski definition) is 0. The smallest absolute Gasteiger partial charge is 0.345 e. The second kappa shape index (κ2) is 13.0. The van der Waals surface area contributed by atoms with E-state index in [4.69, 9.17) is 37.4 Å². The molecule has 0 bridgehead atoms. The van der Waals surface area contributed by atoms with Crippen LogP contribution in [-0.2, 0) is 19.1 Å². The Morgan fingerprint density at radius 2 is 1.56 bits per heavy atom. The molecule has 0 radical (unpaired) electrons. The van der Waals surface area contributed by atoms with Crippen molar-refractivity contribution in [1.82, 2.24) is 0 Å². The first-order valence-electron chi connectivity index (χ1n) is 12.6. The van der Waals surface area contributed by atoms with Crippen LogP contribution in [0.3, 0.4) is 0 Å². The Balaban J connectivity index is 1.28. The van der Waals surface area contributed by atoms with Gasteiger partial charge < -0.3 is 19.1 Å². The number of halogens is 2. The molecule has 3 aromatic carbocycles. The zero-order valence-electron chi connectivity index (χ0n) is 22.1. The normalized spacial score (nSPS) is 14.6. The van der Waals surface area contributed by atoms with Crippen LogP contribution in [0.5, 0.6) is 5.75 Å². The van der Waals surface area contributed by atoms with E-state index >= 15 is 0 Å². The minimum Gasteiger partial charge on any atom is -0.459 e. The zero-order chi connectivity index (χ0) is 29.7. The summed E-state index contributed by atoms with van der Waals surface area (Å²) >= 11 is 11.9. The van der Waals surface area contributed by atoms with E-state index in [9.17, 15) is 24.0 Å². The van der Waals surface area contributed by atoms with Crippen molar-refractivity contribution in [2.45, 2.75) is 26.4 Å². The van der Waals surface area contributed by atoms with Crippen molar-refractivity contribution in [1.29, 1.82) is 0 Å². The van der Waals surface area contributed by atoms with Gasteiger partial charge in [-0.25, -0.2) is 9.59 Å². The van der Waals surface area contributed by atoms with Crippen LogP contribution in [0.4, 0.5) is 5.69 Å². The number of ether oxygens (including phenoxy) is 3. The molecule has 1 heterocycles. The molecule has 41 heavy (non-hydrogen) atoms. The maximum Gasteiger partial charge on any atom is 0.345 e. The first-order chi connectivity index (χ1) is 19.5. The number of benzene rings is 3. The van der Waals surface area contributed by atoms with E-state index in [1.54, 1.807) is 38.1 Å². The first kappa shape index (κ1) is 29.8. The Kier molecular flexibility index (Phi) is 9.42. The van der Waals surface area contributed by atoms with E-state index in [1.807, 2.05) is 0 Å². The Morgan fingerprint density at radius 3 is 2.20 bits per heavy atom. The van der Waals surface area contributed by atoms with Crippen LogP contribution >= 0.6 is 23.2 Å². The lowest BCUT2D eigenvalue weighted by Crippen LogP contribution is -2.27. The molecule has 1 saturated heterocycles. The Hall–Kier alpha value is -4.21. The zero-order valence-corrected chi connectivity index (χ0v) is 23.6. The summed E-state index contributed by atoms with van der Waals surface area (Å²) in [6.45, 7) is 3.06. The van der Waals surface area contributed by atoms with Gasteiger partial charge in [0, 0.05) is 29.2 Å². The maximum absolute atomic E-state index is 12.6. The summed E-state index contributed by atoms with van der Waals surface area (Å²) in [7, 11) is 0. The molecule has 1 aliphatic rings. The molecule has 1 amide bonds. The summed E-state index contributed by atoms with van der Waals surface area (Å²) in [4.78, 5) is 63.6. The number of carbonyl (C=O) groups is 5. The number of esters is 3. The number of hydrogen-bond acceptors (Lipinski definition) is 8. The van der Waals surface area contributed by atoms with Gasteiger partial charge in [-0.2, -0.15) is 0 Å². The standard InChI is InChI=1S/C30H25Cl2NO8/c1-17(2)40-29(37)19-3-8-22(9-4-19)33-15-20(13-27(33)35)28(36)39-16-26(34)18-5-10-23(11-6-18)41-30(38)24-12-7-21(31)14-25(24)32/h3-12,14,17,20H,13,15-16H2,1-2H3/t20-/m0/s1. The van der Waals surface area contributed by atoms with Crippen LogP contribution in [0.25, 0.3) is 0 Å². The van der Waals surface area contributed by atoms with Gasteiger partial charge in [-0.05, 0) is 80.6 Å². The molecule has 0 aromatic heterocycles. The average Bonchev–Trinajstić information content (AvgIpc) is 3.33. The highest BCUT2D eigenvalue weighted by molar-refractivity contribution is 6.36. The van der Waals surface area contributed by atoms with Crippen LogP contribution < -0.4 is 9.64 Å². The van der Waals surface area contributed by atoms with Crippen molar-refractivity contribution in [3.63, 3.8) is 0 Å². The van der Waals surface area contributed by atoms with Crippen molar-refractivity contribution in [2.24, 2.45) is 5.92 Å². The molecule has 0 unspecified atom stereocenters. The van der Waals surface area contributed by atoms with Crippen LogP contribution in [0.1, 0.15) is 51.3 Å².